The van der Waals surface area contributed by atoms with Crippen molar-refractivity contribution in [2.75, 3.05) is 0 Å². The summed E-state index contributed by atoms with van der Waals surface area (Å²) in [5.41, 5.74) is 0. The quantitative estimate of drug-likeness (QED) is 0.509. The van der Waals surface area contributed by atoms with Gasteiger partial charge in [-0.3, -0.25) is 9.59 Å². The molecule has 0 spiro atoms. The predicted octanol–water partition coefficient (Wildman–Crippen LogP) is 1.46. The van der Waals surface area contributed by atoms with Gasteiger partial charge >= 0.3 is 12.1 Å². The summed E-state index contributed by atoms with van der Waals surface area (Å²) in [5, 5.41) is 0. The van der Waals surface area contributed by atoms with Crippen molar-refractivity contribution in [1.29, 1.82) is 0 Å². The van der Waals surface area contributed by atoms with Crippen LogP contribution in [0.25, 0.3) is 0 Å². The molecular formula is C7H9F3O3. The number of hydrogen-bond donors (Lipinski definition) is 0. The minimum absolute atomic E-state index is 0.520. The molecule has 76 valence electrons. The summed E-state index contributed by atoms with van der Waals surface area (Å²) in [6, 6.07) is 0. The molecule has 0 amide bonds. The normalized spacial score (nSPS) is 11.5. The van der Waals surface area contributed by atoms with Crippen molar-refractivity contribution in [1.82, 2.24) is 0 Å². The van der Waals surface area contributed by atoms with E-state index in [0.717, 1.165) is 0 Å². The van der Waals surface area contributed by atoms with E-state index in [-0.39, 0.29) is 0 Å². The maximum absolute atomic E-state index is 11.6. The molecule has 3 nitrogen and oxygen atoms in total. The molecule has 0 aromatic rings. The maximum Gasteiger partial charge on any atom is 0.450 e. The number of halogens is 3. The smallest absolute Gasteiger partial charge is 0.450 e. The second kappa shape index (κ2) is 4.25. The third kappa shape index (κ3) is 5.21. The van der Waals surface area contributed by atoms with Gasteiger partial charge in [0.05, 0.1) is 6.10 Å². The van der Waals surface area contributed by atoms with Crippen LogP contribution in [-0.2, 0) is 14.3 Å². The summed E-state index contributed by atoms with van der Waals surface area (Å²) in [4.78, 5) is 20.8. The Balaban J connectivity index is 4.01. The third-order valence-corrected chi connectivity index (χ3v) is 0.988. The van der Waals surface area contributed by atoms with Crippen molar-refractivity contribution >= 4 is 11.8 Å². The first-order chi connectivity index (χ1) is 5.73. The fraction of sp³-hybridized carbons (Fsp3) is 0.714. The van der Waals surface area contributed by atoms with Crippen molar-refractivity contribution in [3.05, 3.63) is 0 Å². The number of Topliss-reactive ketones (excluding diaryl/α,β-unsaturated/α-hetero) is 1. The SMILES string of the molecule is CC(C)OC(=O)CC(=O)C(F)(F)F. The lowest BCUT2D eigenvalue weighted by Gasteiger charge is -2.08. The average molecular weight is 198 g/mol. The predicted molar refractivity (Wildman–Crippen MR) is 36.9 cm³/mol. The van der Waals surface area contributed by atoms with Gasteiger partial charge in [-0.2, -0.15) is 13.2 Å². The van der Waals surface area contributed by atoms with Crippen molar-refractivity contribution < 1.29 is 27.5 Å². The monoisotopic (exact) mass is 198 g/mol. The van der Waals surface area contributed by atoms with Crippen LogP contribution in [0.2, 0.25) is 0 Å². The number of ketones is 1. The van der Waals surface area contributed by atoms with Crippen LogP contribution in [0.4, 0.5) is 13.2 Å². The number of hydrogen-bond acceptors (Lipinski definition) is 3. The largest absolute Gasteiger partial charge is 0.463 e. The molecule has 0 aromatic carbocycles. The zero-order valence-electron chi connectivity index (χ0n) is 7.14. The van der Waals surface area contributed by atoms with Gasteiger partial charge in [-0.25, -0.2) is 0 Å². The topological polar surface area (TPSA) is 43.4 Å². The molecule has 0 saturated heterocycles. The van der Waals surface area contributed by atoms with E-state index in [1.54, 1.807) is 0 Å². The van der Waals surface area contributed by atoms with E-state index in [1.807, 2.05) is 0 Å². The van der Waals surface area contributed by atoms with Crippen LogP contribution < -0.4 is 0 Å². The van der Waals surface area contributed by atoms with Gasteiger partial charge in [-0.05, 0) is 13.8 Å². The van der Waals surface area contributed by atoms with Gasteiger partial charge in [0.1, 0.15) is 6.42 Å². The molecule has 6 heteroatoms. The summed E-state index contributed by atoms with van der Waals surface area (Å²) in [6.45, 7) is 2.96. The molecule has 13 heavy (non-hydrogen) atoms. The van der Waals surface area contributed by atoms with Gasteiger partial charge in [0, 0.05) is 0 Å². The second-order valence-corrected chi connectivity index (χ2v) is 2.64. The number of carbonyl (C=O) groups is 2. The molecule has 0 saturated carbocycles. The first-order valence-electron chi connectivity index (χ1n) is 3.53. The Kier molecular flexibility index (Phi) is 3.90. The molecular weight excluding hydrogens is 189 g/mol. The van der Waals surface area contributed by atoms with Gasteiger partial charge in [0.25, 0.3) is 0 Å². The maximum atomic E-state index is 11.6. The zero-order valence-corrected chi connectivity index (χ0v) is 7.14. The minimum Gasteiger partial charge on any atom is -0.463 e. The average Bonchev–Trinajstić information content (AvgIpc) is 1.82. The summed E-state index contributed by atoms with van der Waals surface area (Å²) < 4.78 is 39.1. The van der Waals surface area contributed by atoms with Crippen LogP contribution >= 0.6 is 0 Å². The molecule has 0 rings (SSSR count). The number of rotatable bonds is 3. The van der Waals surface area contributed by atoms with Crippen molar-refractivity contribution in [2.24, 2.45) is 0 Å². The van der Waals surface area contributed by atoms with Gasteiger partial charge in [-0.1, -0.05) is 0 Å². The summed E-state index contributed by atoms with van der Waals surface area (Å²) in [5.74, 6) is -3.24. The molecule has 0 N–H and O–H groups in total. The number of alkyl halides is 3. The zero-order chi connectivity index (χ0) is 10.6. The van der Waals surface area contributed by atoms with Crippen LogP contribution in [0, 0.1) is 0 Å². The van der Waals surface area contributed by atoms with E-state index in [4.69, 9.17) is 0 Å². The molecule has 0 aliphatic carbocycles. The van der Waals surface area contributed by atoms with E-state index < -0.39 is 30.5 Å². The van der Waals surface area contributed by atoms with Crippen LogP contribution in [0.15, 0.2) is 0 Å². The first kappa shape index (κ1) is 11.9. The summed E-state index contributed by atoms with van der Waals surface area (Å²) in [6.07, 6.45) is -6.73. The molecule has 0 atom stereocenters. The molecule has 0 bridgehead atoms. The number of ether oxygens (including phenoxy) is 1. The fourth-order valence-electron chi connectivity index (χ4n) is 0.536. The first-order valence-corrected chi connectivity index (χ1v) is 3.53. The highest BCUT2D eigenvalue weighted by Crippen LogP contribution is 2.18. The Hall–Kier alpha value is -1.07. The van der Waals surface area contributed by atoms with E-state index in [2.05, 4.69) is 4.74 Å². The van der Waals surface area contributed by atoms with Crippen molar-refractivity contribution in [2.45, 2.75) is 32.5 Å². The highest BCUT2D eigenvalue weighted by Gasteiger charge is 2.39. The van der Waals surface area contributed by atoms with Gasteiger partial charge < -0.3 is 4.74 Å². The molecule has 0 radical (unpaired) electrons. The molecule has 0 fully saturated rings. The fourth-order valence-corrected chi connectivity index (χ4v) is 0.536. The lowest BCUT2D eigenvalue weighted by atomic mass is 10.3. The lowest BCUT2D eigenvalue weighted by molar-refractivity contribution is -0.175. The molecule has 0 aliphatic rings. The Morgan fingerprint density at radius 2 is 1.77 bits per heavy atom. The number of esters is 1. The van der Waals surface area contributed by atoms with E-state index in [1.165, 1.54) is 13.8 Å². The molecule has 0 unspecified atom stereocenters. The Bertz CT molecular complexity index is 208. The van der Waals surface area contributed by atoms with Crippen molar-refractivity contribution in [3.8, 4) is 0 Å². The highest BCUT2D eigenvalue weighted by molar-refractivity contribution is 5.98. The lowest BCUT2D eigenvalue weighted by Crippen LogP contribution is -2.27. The highest BCUT2D eigenvalue weighted by atomic mass is 19.4. The molecule has 0 heterocycles. The van der Waals surface area contributed by atoms with Crippen LogP contribution in [0.5, 0.6) is 0 Å². The van der Waals surface area contributed by atoms with Gasteiger partial charge in [-0.15, -0.1) is 0 Å². The van der Waals surface area contributed by atoms with Crippen LogP contribution in [0.3, 0.4) is 0 Å². The van der Waals surface area contributed by atoms with E-state index >= 15 is 0 Å². The Morgan fingerprint density at radius 1 is 1.31 bits per heavy atom. The molecule has 0 aromatic heterocycles. The second-order valence-electron chi connectivity index (χ2n) is 2.64. The van der Waals surface area contributed by atoms with Crippen LogP contribution in [-0.4, -0.2) is 24.0 Å². The Morgan fingerprint density at radius 3 is 2.08 bits per heavy atom. The van der Waals surface area contributed by atoms with Crippen LogP contribution in [0.1, 0.15) is 20.3 Å². The number of carbonyl (C=O) groups excluding carboxylic acids is 2. The molecule has 0 aliphatic heterocycles. The summed E-state index contributed by atoms with van der Waals surface area (Å²) >= 11 is 0. The Labute approximate surface area is 72.9 Å². The van der Waals surface area contributed by atoms with E-state index in [0.29, 0.717) is 0 Å². The van der Waals surface area contributed by atoms with Crippen molar-refractivity contribution in [3.63, 3.8) is 0 Å². The minimum atomic E-state index is -4.96. The standard InChI is InChI=1S/C7H9F3O3/c1-4(2)13-6(12)3-5(11)7(8,9)10/h4H,3H2,1-2H3. The third-order valence-electron chi connectivity index (χ3n) is 0.988. The summed E-state index contributed by atoms with van der Waals surface area (Å²) in [7, 11) is 0. The van der Waals surface area contributed by atoms with E-state index in [9.17, 15) is 22.8 Å². The van der Waals surface area contributed by atoms with Gasteiger partial charge in [0.15, 0.2) is 0 Å². The van der Waals surface area contributed by atoms with Gasteiger partial charge in [0.2, 0.25) is 5.78 Å².